The predicted octanol–water partition coefficient (Wildman–Crippen LogP) is 4.23. The molecule has 1 aliphatic carbocycles. The van der Waals surface area contributed by atoms with E-state index in [2.05, 4.69) is 6.92 Å². The van der Waals surface area contributed by atoms with E-state index >= 15 is 0 Å². The van der Waals surface area contributed by atoms with Crippen LogP contribution in [-0.4, -0.2) is 29.2 Å². The van der Waals surface area contributed by atoms with Gasteiger partial charge in [0, 0.05) is 18.7 Å². The van der Waals surface area contributed by atoms with Crippen LogP contribution in [0.5, 0.6) is 5.75 Å². The third kappa shape index (κ3) is 4.94. The fraction of sp³-hybridized carbons (Fsp3) is 0.364. The minimum Gasteiger partial charge on any atom is -0.484 e. The second kappa shape index (κ2) is 8.33. The van der Waals surface area contributed by atoms with E-state index in [1.165, 1.54) is 19.1 Å². The van der Waals surface area contributed by atoms with Gasteiger partial charge in [-0.2, -0.15) is 0 Å². The number of ketones is 1. The lowest BCUT2D eigenvalue weighted by atomic mass is 10.1. The summed E-state index contributed by atoms with van der Waals surface area (Å²) in [6.07, 6.45) is 2.27. The minimum atomic E-state index is -0.639. The van der Waals surface area contributed by atoms with Crippen LogP contribution in [0.25, 0.3) is 0 Å². The number of halogens is 1. The number of amides is 1. The Morgan fingerprint density at radius 3 is 2.48 bits per heavy atom. The number of hydrogen-bond acceptors (Lipinski definition) is 3. The first-order valence-corrected chi connectivity index (χ1v) is 9.22. The smallest absolute Gasteiger partial charge is 0.261 e. The van der Waals surface area contributed by atoms with Gasteiger partial charge in [-0.05, 0) is 50.3 Å². The van der Waals surface area contributed by atoms with Gasteiger partial charge >= 0.3 is 0 Å². The highest BCUT2D eigenvalue weighted by molar-refractivity contribution is 5.94. The van der Waals surface area contributed by atoms with Crippen molar-refractivity contribution in [2.24, 2.45) is 5.92 Å². The lowest BCUT2D eigenvalue weighted by Gasteiger charge is -2.29. The van der Waals surface area contributed by atoms with Crippen molar-refractivity contribution in [3.63, 3.8) is 0 Å². The summed E-state index contributed by atoms with van der Waals surface area (Å²) < 4.78 is 19.4. The molecule has 0 spiro atoms. The molecule has 0 bridgehead atoms. The Labute approximate surface area is 158 Å². The van der Waals surface area contributed by atoms with E-state index in [1.807, 2.05) is 35.2 Å². The molecule has 2 aromatic rings. The zero-order valence-corrected chi connectivity index (χ0v) is 15.7. The largest absolute Gasteiger partial charge is 0.484 e. The Morgan fingerprint density at radius 1 is 1.19 bits per heavy atom. The lowest BCUT2D eigenvalue weighted by Crippen LogP contribution is -2.42. The van der Waals surface area contributed by atoms with Crippen LogP contribution in [0.2, 0.25) is 0 Å². The van der Waals surface area contributed by atoms with Crippen LogP contribution in [0.15, 0.2) is 48.5 Å². The van der Waals surface area contributed by atoms with E-state index in [1.54, 1.807) is 0 Å². The Kier molecular flexibility index (Phi) is 5.89. The maximum Gasteiger partial charge on any atom is 0.261 e. The summed E-state index contributed by atoms with van der Waals surface area (Å²) in [5, 5.41) is 0. The van der Waals surface area contributed by atoms with Gasteiger partial charge in [-0.1, -0.05) is 30.3 Å². The summed E-state index contributed by atoms with van der Waals surface area (Å²) in [7, 11) is 0. The van der Waals surface area contributed by atoms with Gasteiger partial charge in [0.05, 0.1) is 5.56 Å². The molecule has 27 heavy (non-hydrogen) atoms. The molecule has 0 heterocycles. The average Bonchev–Trinajstić information content (AvgIpc) is 3.49. The number of carbonyl (C=O) groups is 2. The van der Waals surface area contributed by atoms with Crippen LogP contribution in [0, 0.1) is 11.7 Å². The SMILES string of the molecule is CC(=O)c1ccc(OCC(=O)N(Cc2ccccc2)C(C)C2CC2)cc1F. The Bertz CT molecular complexity index is 818. The second-order valence-electron chi connectivity index (χ2n) is 7.07. The zero-order chi connectivity index (χ0) is 19.4. The fourth-order valence-electron chi connectivity index (χ4n) is 3.17. The van der Waals surface area contributed by atoms with Gasteiger partial charge in [0.1, 0.15) is 11.6 Å². The van der Waals surface area contributed by atoms with Gasteiger partial charge in [0.25, 0.3) is 5.91 Å². The van der Waals surface area contributed by atoms with Gasteiger partial charge in [0.2, 0.25) is 0 Å². The summed E-state index contributed by atoms with van der Waals surface area (Å²) in [5.74, 6) is -0.341. The predicted molar refractivity (Wildman–Crippen MR) is 101 cm³/mol. The van der Waals surface area contributed by atoms with E-state index in [0.717, 1.165) is 24.5 Å². The Morgan fingerprint density at radius 2 is 1.89 bits per heavy atom. The van der Waals surface area contributed by atoms with Crippen LogP contribution in [0.1, 0.15) is 42.6 Å². The Balaban J connectivity index is 1.67. The molecule has 1 unspecified atom stereocenters. The summed E-state index contributed by atoms with van der Waals surface area (Å²) in [6.45, 7) is 3.74. The van der Waals surface area contributed by atoms with Crippen molar-refractivity contribution < 1.29 is 18.7 Å². The first-order valence-electron chi connectivity index (χ1n) is 9.22. The molecular weight excluding hydrogens is 345 g/mol. The second-order valence-corrected chi connectivity index (χ2v) is 7.07. The highest BCUT2D eigenvalue weighted by Crippen LogP contribution is 2.35. The van der Waals surface area contributed by atoms with Crippen molar-refractivity contribution in [2.45, 2.75) is 39.3 Å². The molecule has 1 amide bonds. The van der Waals surface area contributed by atoms with Crippen LogP contribution in [-0.2, 0) is 11.3 Å². The molecule has 1 saturated carbocycles. The first-order chi connectivity index (χ1) is 13.0. The van der Waals surface area contributed by atoms with Gasteiger partial charge < -0.3 is 9.64 Å². The van der Waals surface area contributed by atoms with Crippen molar-refractivity contribution in [1.29, 1.82) is 0 Å². The molecule has 5 heteroatoms. The third-order valence-corrected chi connectivity index (χ3v) is 4.99. The first kappa shape index (κ1) is 19.1. The number of hydrogen-bond donors (Lipinski definition) is 0. The Hall–Kier alpha value is -2.69. The van der Waals surface area contributed by atoms with Gasteiger partial charge in [-0.15, -0.1) is 0 Å². The molecular formula is C22H24FNO3. The molecule has 1 fully saturated rings. The van der Waals surface area contributed by atoms with Crippen molar-refractivity contribution in [1.82, 2.24) is 4.90 Å². The van der Waals surface area contributed by atoms with E-state index in [0.29, 0.717) is 12.5 Å². The van der Waals surface area contributed by atoms with E-state index < -0.39 is 5.82 Å². The van der Waals surface area contributed by atoms with Crippen LogP contribution in [0.4, 0.5) is 4.39 Å². The van der Waals surface area contributed by atoms with E-state index in [-0.39, 0.29) is 35.7 Å². The van der Waals surface area contributed by atoms with E-state index in [9.17, 15) is 14.0 Å². The molecule has 0 radical (unpaired) electrons. The van der Waals surface area contributed by atoms with Crippen molar-refractivity contribution in [3.8, 4) is 5.75 Å². The zero-order valence-electron chi connectivity index (χ0n) is 15.7. The summed E-state index contributed by atoms with van der Waals surface area (Å²) >= 11 is 0. The molecule has 1 aliphatic rings. The van der Waals surface area contributed by atoms with E-state index in [4.69, 9.17) is 4.74 Å². The number of ether oxygens (including phenoxy) is 1. The minimum absolute atomic E-state index is 0.0155. The average molecular weight is 369 g/mol. The maximum absolute atomic E-state index is 13.9. The molecule has 0 saturated heterocycles. The lowest BCUT2D eigenvalue weighted by molar-refractivity contribution is -0.136. The highest BCUT2D eigenvalue weighted by atomic mass is 19.1. The molecule has 0 N–H and O–H groups in total. The van der Waals surface area contributed by atoms with Crippen molar-refractivity contribution in [2.75, 3.05) is 6.61 Å². The summed E-state index contributed by atoms with van der Waals surface area (Å²) in [6, 6.07) is 14.0. The van der Waals surface area contributed by atoms with Crippen molar-refractivity contribution >= 4 is 11.7 Å². The topological polar surface area (TPSA) is 46.6 Å². The van der Waals surface area contributed by atoms with Crippen LogP contribution in [0.3, 0.4) is 0 Å². The van der Waals surface area contributed by atoms with Gasteiger partial charge in [0.15, 0.2) is 12.4 Å². The molecule has 1 atom stereocenters. The standard InChI is InChI=1S/C22H24FNO3/c1-15(18-8-9-18)24(13-17-6-4-3-5-7-17)22(26)14-27-19-10-11-20(16(2)25)21(23)12-19/h3-7,10-12,15,18H,8-9,13-14H2,1-2H3. The third-order valence-electron chi connectivity index (χ3n) is 4.99. The molecule has 3 rings (SSSR count). The van der Waals surface area contributed by atoms with Gasteiger partial charge in [-0.25, -0.2) is 4.39 Å². The number of benzene rings is 2. The monoisotopic (exact) mass is 369 g/mol. The van der Waals surface area contributed by atoms with Gasteiger partial charge in [-0.3, -0.25) is 9.59 Å². The quantitative estimate of drug-likeness (QED) is 0.654. The molecule has 2 aromatic carbocycles. The summed E-state index contributed by atoms with van der Waals surface area (Å²) in [5.41, 5.74) is 1.08. The van der Waals surface area contributed by atoms with Crippen molar-refractivity contribution in [3.05, 3.63) is 65.5 Å². The number of rotatable bonds is 8. The molecule has 0 aromatic heterocycles. The molecule has 142 valence electrons. The van der Waals surface area contributed by atoms with Crippen LogP contribution >= 0.6 is 0 Å². The number of nitrogens with zero attached hydrogens (tertiary/aromatic N) is 1. The van der Waals surface area contributed by atoms with Crippen LogP contribution < -0.4 is 4.74 Å². The molecule has 4 nitrogen and oxygen atoms in total. The fourth-order valence-corrected chi connectivity index (χ4v) is 3.17. The molecule has 0 aliphatic heterocycles. The number of carbonyl (C=O) groups excluding carboxylic acids is 2. The maximum atomic E-state index is 13.9. The normalized spacial score (nSPS) is 14.5. The number of Topliss-reactive ketones (excluding diaryl/α,β-unsaturated/α-hetero) is 1. The highest BCUT2D eigenvalue weighted by Gasteiger charge is 2.34. The summed E-state index contributed by atoms with van der Waals surface area (Å²) in [4.78, 5) is 26.0.